The summed E-state index contributed by atoms with van der Waals surface area (Å²) in [4.78, 5) is 23.2. The van der Waals surface area contributed by atoms with Gasteiger partial charge in [0, 0.05) is 12.6 Å². The van der Waals surface area contributed by atoms with Crippen LogP contribution in [0.15, 0.2) is 18.2 Å². The van der Waals surface area contributed by atoms with Crippen molar-refractivity contribution in [3.63, 3.8) is 0 Å². The lowest BCUT2D eigenvalue weighted by Gasteiger charge is -2.23. The smallest absolute Gasteiger partial charge is 0.244 e. The Bertz CT molecular complexity index is 539. The molecule has 1 heterocycles. The lowest BCUT2D eigenvalue weighted by atomic mass is 9.99. The second-order valence-corrected chi connectivity index (χ2v) is 5.60. The maximum atomic E-state index is 12.2. The lowest BCUT2D eigenvalue weighted by molar-refractivity contribution is -0.121. The summed E-state index contributed by atoms with van der Waals surface area (Å²) in [6.45, 7) is 4.16. The topological polar surface area (TPSA) is 70.2 Å². The monoisotopic (exact) mass is 295 g/mol. The highest BCUT2D eigenvalue weighted by Gasteiger charge is 2.35. The van der Waals surface area contributed by atoms with Crippen LogP contribution in [0.2, 0.25) is 5.02 Å². The van der Waals surface area contributed by atoms with Crippen molar-refractivity contribution in [1.82, 2.24) is 5.32 Å². The van der Waals surface area contributed by atoms with Crippen molar-refractivity contribution in [3.8, 4) is 0 Å². The van der Waals surface area contributed by atoms with Crippen LogP contribution >= 0.6 is 11.6 Å². The molecular formula is C14H18ClN3O2. The first kappa shape index (κ1) is 14.8. The Kier molecular flexibility index (Phi) is 4.30. The van der Waals surface area contributed by atoms with E-state index in [9.17, 15) is 9.59 Å². The fourth-order valence-corrected chi connectivity index (χ4v) is 2.47. The molecule has 108 valence electrons. The standard InChI is InChI=1S/C14H18ClN3O2/c1-9(19)17-12-5-4-10(8-11(12)15)18-13(20)14(2)6-3-7-16-14/h4-5,8,16H,3,6-7H2,1-2H3,(H,17,19)(H,18,20). The number of hydrogen-bond donors (Lipinski definition) is 3. The van der Waals surface area contributed by atoms with Crippen LogP contribution in [0, 0.1) is 0 Å². The average molecular weight is 296 g/mol. The summed E-state index contributed by atoms with van der Waals surface area (Å²) in [5.41, 5.74) is 0.620. The van der Waals surface area contributed by atoms with Gasteiger partial charge >= 0.3 is 0 Å². The van der Waals surface area contributed by atoms with E-state index in [0.717, 1.165) is 19.4 Å². The van der Waals surface area contributed by atoms with E-state index in [4.69, 9.17) is 11.6 Å². The van der Waals surface area contributed by atoms with Gasteiger partial charge in [-0.05, 0) is 44.5 Å². The van der Waals surface area contributed by atoms with Crippen molar-refractivity contribution in [2.24, 2.45) is 0 Å². The second kappa shape index (κ2) is 5.81. The summed E-state index contributed by atoms with van der Waals surface area (Å²) >= 11 is 6.07. The van der Waals surface area contributed by atoms with E-state index in [1.165, 1.54) is 6.92 Å². The number of halogens is 1. The van der Waals surface area contributed by atoms with Crippen molar-refractivity contribution >= 4 is 34.8 Å². The molecule has 0 aliphatic carbocycles. The van der Waals surface area contributed by atoms with Crippen LogP contribution in [0.25, 0.3) is 0 Å². The molecule has 1 aromatic rings. The van der Waals surface area contributed by atoms with Gasteiger partial charge in [-0.2, -0.15) is 0 Å². The Morgan fingerprint density at radius 1 is 1.35 bits per heavy atom. The Balaban J connectivity index is 2.08. The van der Waals surface area contributed by atoms with E-state index < -0.39 is 5.54 Å². The third-order valence-electron chi connectivity index (χ3n) is 3.41. The first-order valence-electron chi connectivity index (χ1n) is 6.54. The molecule has 1 atom stereocenters. The lowest BCUT2D eigenvalue weighted by Crippen LogP contribution is -2.47. The first-order chi connectivity index (χ1) is 9.40. The van der Waals surface area contributed by atoms with Crippen molar-refractivity contribution in [2.75, 3.05) is 17.2 Å². The van der Waals surface area contributed by atoms with Crippen molar-refractivity contribution in [3.05, 3.63) is 23.2 Å². The molecule has 0 radical (unpaired) electrons. The molecule has 1 aliphatic heterocycles. The van der Waals surface area contributed by atoms with Gasteiger partial charge in [-0.3, -0.25) is 9.59 Å². The summed E-state index contributed by atoms with van der Waals surface area (Å²) in [6.07, 6.45) is 1.81. The molecule has 1 fully saturated rings. The molecule has 2 amide bonds. The zero-order valence-electron chi connectivity index (χ0n) is 11.5. The zero-order valence-corrected chi connectivity index (χ0v) is 12.3. The van der Waals surface area contributed by atoms with Gasteiger partial charge in [0.2, 0.25) is 11.8 Å². The molecule has 1 unspecified atom stereocenters. The van der Waals surface area contributed by atoms with Crippen LogP contribution in [-0.4, -0.2) is 23.9 Å². The first-order valence-corrected chi connectivity index (χ1v) is 6.92. The number of nitrogens with one attached hydrogen (secondary N) is 3. The van der Waals surface area contributed by atoms with Crippen molar-refractivity contribution < 1.29 is 9.59 Å². The van der Waals surface area contributed by atoms with Crippen molar-refractivity contribution in [2.45, 2.75) is 32.2 Å². The molecule has 2 rings (SSSR count). The van der Waals surface area contributed by atoms with E-state index in [1.807, 2.05) is 6.92 Å². The number of carbonyl (C=O) groups excluding carboxylic acids is 2. The third kappa shape index (κ3) is 3.29. The minimum Gasteiger partial charge on any atom is -0.325 e. The number of hydrogen-bond acceptors (Lipinski definition) is 3. The van der Waals surface area contributed by atoms with Gasteiger partial charge in [-0.1, -0.05) is 11.6 Å². The maximum absolute atomic E-state index is 12.2. The fraction of sp³-hybridized carbons (Fsp3) is 0.429. The van der Waals surface area contributed by atoms with Gasteiger partial charge in [-0.25, -0.2) is 0 Å². The molecule has 1 aliphatic rings. The molecule has 5 nitrogen and oxygen atoms in total. The molecular weight excluding hydrogens is 278 g/mol. The molecule has 6 heteroatoms. The summed E-state index contributed by atoms with van der Waals surface area (Å²) in [5, 5.41) is 9.06. The Morgan fingerprint density at radius 2 is 2.10 bits per heavy atom. The van der Waals surface area contributed by atoms with E-state index in [1.54, 1.807) is 18.2 Å². The van der Waals surface area contributed by atoms with Gasteiger partial charge in [0.15, 0.2) is 0 Å². The van der Waals surface area contributed by atoms with E-state index in [-0.39, 0.29) is 11.8 Å². The fourth-order valence-electron chi connectivity index (χ4n) is 2.24. The summed E-state index contributed by atoms with van der Waals surface area (Å²) in [5.74, 6) is -0.260. The van der Waals surface area contributed by atoms with Crippen LogP contribution in [0.1, 0.15) is 26.7 Å². The van der Waals surface area contributed by atoms with Crippen molar-refractivity contribution in [1.29, 1.82) is 0 Å². The molecule has 20 heavy (non-hydrogen) atoms. The highest BCUT2D eigenvalue weighted by atomic mass is 35.5. The summed E-state index contributed by atoms with van der Waals surface area (Å²) in [6, 6.07) is 5.01. The van der Waals surface area contributed by atoms with Gasteiger partial charge in [-0.15, -0.1) is 0 Å². The normalized spacial score (nSPS) is 21.6. The zero-order chi connectivity index (χ0) is 14.8. The number of amides is 2. The summed E-state index contributed by atoms with van der Waals surface area (Å²) < 4.78 is 0. The van der Waals surface area contributed by atoms with Gasteiger partial charge in [0.1, 0.15) is 0 Å². The predicted molar refractivity (Wildman–Crippen MR) is 80.0 cm³/mol. The predicted octanol–water partition coefficient (Wildman–Crippen LogP) is 2.38. The minimum atomic E-state index is -0.525. The number of carbonyl (C=O) groups is 2. The highest BCUT2D eigenvalue weighted by molar-refractivity contribution is 6.34. The van der Waals surface area contributed by atoms with Crippen LogP contribution in [-0.2, 0) is 9.59 Å². The molecule has 0 saturated carbocycles. The average Bonchev–Trinajstić information content (AvgIpc) is 2.81. The summed E-state index contributed by atoms with van der Waals surface area (Å²) in [7, 11) is 0. The molecule has 3 N–H and O–H groups in total. The highest BCUT2D eigenvalue weighted by Crippen LogP contribution is 2.27. The van der Waals surface area contributed by atoms with Gasteiger partial charge in [0.25, 0.3) is 0 Å². The third-order valence-corrected chi connectivity index (χ3v) is 3.72. The van der Waals surface area contributed by atoms with Crippen LogP contribution in [0.4, 0.5) is 11.4 Å². The Hall–Kier alpha value is -1.59. The molecule has 0 bridgehead atoms. The molecule has 1 aromatic carbocycles. The quantitative estimate of drug-likeness (QED) is 0.802. The van der Waals surface area contributed by atoms with Gasteiger partial charge < -0.3 is 16.0 Å². The maximum Gasteiger partial charge on any atom is 0.244 e. The van der Waals surface area contributed by atoms with Gasteiger partial charge in [0.05, 0.1) is 16.2 Å². The molecule has 1 saturated heterocycles. The van der Waals surface area contributed by atoms with E-state index in [2.05, 4.69) is 16.0 Å². The van der Waals surface area contributed by atoms with E-state index >= 15 is 0 Å². The van der Waals surface area contributed by atoms with Crippen LogP contribution in [0.5, 0.6) is 0 Å². The second-order valence-electron chi connectivity index (χ2n) is 5.19. The number of benzene rings is 1. The largest absolute Gasteiger partial charge is 0.325 e. The molecule has 0 spiro atoms. The SMILES string of the molecule is CC(=O)Nc1ccc(NC(=O)C2(C)CCCN2)cc1Cl. The number of rotatable bonds is 3. The van der Waals surface area contributed by atoms with E-state index in [0.29, 0.717) is 16.4 Å². The Morgan fingerprint density at radius 3 is 2.65 bits per heavy atom. The Labute approximate surface area is 123 Å². The van der Waals surface area contributed by atoms with Crippen LogP contribution < -0.4 is 16.0 Å². The van der Waals surface area contributed by atoms with Crippen LogP contribution in [0.3, 0.4) is 0 Å². The molecule has 0 aromatic heterocycles. The minimum absolute atomic E-state index is 0.0710. The number of anilines is 2.